The van der Waals surface area contributed by atoms with E-state index in [2.05, 4.69) is 47.8 Å². The third-order valence-electron chi connectivity index (χ3n) is 7.75. The summed E-state index contributed by atoms with van der Waals surface area (Å²) in [6.07, 6.45) is 1.89. The zero-order chi connectivity index (χ0) is 35.0. The molecule has 7 aromatic rings. The number of hydrogen-bond donors (Lipinski definition) is 0. The Morgan fingerprint density at radius 3 is 2.36 bits per heavy atom. The molecule has 3 nitrogen and oxygen atoms in total. The van der Waals surface area contributed by atoms with E-state index in [1.165, 1.54) is 12.1 Å². The molecule has 0 N–H and O–H groups in total. The molecule has 0 unspecified atom stereocenters. The summed E-state index contributed by atoms with van der Waals surface area (Å²) >= 11 is 0. The average Bonchev–Trinajstić information content (AvgIpc) is 3.47. The number of aromatic nitrogens is 2. The third kappa shape index (κ3) is 7.85. The van der Waals surface area contributed by atoms with Crippen molar-refractivity contribution in [2.75, 3.05) is 0 Å². The molecule has 0 aliphatic rings. The molecule has 47 heavy (non-hydrogen) atoms. The first-order chi connectivity index (χ1) is 23.2. The molecule has 0 saturated heterocycles. The quantitative estimate of drug-likeness (QED) is 0.124. The van der Waals surface area contributed by atoms with Gasteiger partial charge in [-0.3, -0.25) is 4.39 Å². The number of hydrogen-bond acceptors (Lipinski definition) is 3. The van der Waals surface area contributed by atoms with Crippen molar-refractivity contribution in [2.45, 2.75) is 45.8 Å². The fourth-order valence-electron chi connectivity index (χ4n) is 5.30. The van der Waals surface area contributed by atoms with Gasteiger partial charge in [-0.1, -0.05) is 116 Å². The molecule has 0 bridgehead atoms. The molecule has 0 aliphatic heterocycles. The summed E-state index contributed by atoms with van der Waals surface area (Å²) < 4.78 is 45.1. The number of para-hydroxylation sites is 1. The Morgan fingerprint density at radius 2 is 1.64 bits per heavy atom. The number of fused-ring (bicyclic) bond motifs is 3. The van der Waals surface area contributed by atoms with Gasteiger partial charge in [-0.05, 0) is 46.5 Å². The van der Waals surface area contributed by atoms with Crippen LogP contribution in [0.4, 0.5) is 4.39 Å². The van der Waals surface area contributed by atoms with Crippen molar-refractivity contribution < 1.29 is 33.0 Å². The number of furan rings is 1. The van der Waals surface area contributed by atoms with Gasteiger partial charge in [0, 0.05) is 47.8 Å². The van der Waals surface area contributed by atoms with Gasteiger partial charge in [0.05, 0.1) is 13.7 Å². The van der Waals surface area contributed by atoms with Crippen LogP contribution in [0, 0.1) is 17.9 Å². The van der Waals surface area contributed by atoms with Gasteiger partial charge >= 0.3 is 0 Å². The summed E-state index contributed by atoms with van der Waals surface area (Å²) in [5, 5.41) is 3.14. The molecule has 0 amide bonds. The van der Waals surface area contributed by atoms with Gasteiger partial charge in [-0.15, -0.1) is 48.0 Å². The molecular formula is C41H37FIrN2OSi-2. The van der Waals surface area contributed by atoms with Gasteiger partial charge in [0.2, 0.25) is 0 Å². The molecule has 6 heteroatoms. The van der Waals surface area contributed by atoms with Gasteiger partial charge in [-0.2, -0.15) is 0 Å². The van der Waals surface area contributed by atoms with Crippen molar-refractivity contribution in [3.63, 3.8) is 0 Å². The van der Waals surface area contributed by atoms with Crippen molar-refractivity contribution >= 4 is 35.2 Å². The summed E-state index contributed by atoms with van der Waals surface area (Å²) in [6, 6.07) is 37.1. The first-order valence-corrected chi connectivity index (χ1v) is 18.8. The van der Waals surface area contributed by atoms with E-state index in [9.17, 15) is 4.39 Å². The molecule has 4 aromatic carbocycles. The van der Waals surface area contributed by atoms with Crippen LogP contribution in [0.25, 0.3) is 44.5 Å². The van der Waals surface area contributed by atoms with Crippen LogP contribution >= 0.6 is 0 Å². The third-order valence-corrected chi connectivity index (χ3v) is 9.76. The van der Waals surface area contributed by atoms with Crippen molar-refractivity contribution in [3.05, 3.63) is 150 Å². The fraction of sp³-hybridized carbons (Fsp3) is 0.171. The molecule has 0 spiro atoms. The Labute approximate surface area is 295 Å². The van der Waals surface area contributed by atoms with Crippen LogP contribution in [-0.4, -0.2) is 18.0 Å². The Morgan fingerprint density at radius 1 is 0.872 bits per heavy atom. The van der Waals surface area contributed by atoms with Crippen molar-refractivity contribution in [1.82, 2.24) is 9.97 Å². The number of pyridine rings is 2. The van der Waals surface area contributed by atoms with E-state index in [1.807, 2.05) is 74.5 Å². The largest absolute Gasteiger partial charge is 0.501 e. The number of benzene rings is 4. The minimum atomic E-state index is -1.83. The van der Waals surface area contributed by atoms with E-state index < -0.39 is 20.3 Å². The smallest absolute Gasteiger partial charge is 0.120 e. The predicted molar refractivity (Wildman–Crippen MR) is 191 cm³/mol. The van der Waals surface area contributed by atoms with Crippen LogP contribution in [0.5, 0.6) is 0 Å². The molecule has 239 valence electrons. The maximum atomic E-state index is 13.2. The molecule has 3 heterocycles. The summed E-state index contributed by atoms with van der Waals surface area (Å²) in [4.78, 5) is 9.00. The zero-order valence-corrected chi connectivity index (χ0v) is 30.4. The first-order valence-electron chi connectivity index (χ1n) is 16.8. The van der Waals surface area contributed by atoms with E-state index in [0.717, 1.165) is 43.9 Å². The standard InChI is InChI=1S/C21H21FNSi.C20H16NO.Ir/c1-24(2,3)21-15-23-20(17-9-11-19(22)12-10-17)14-18(21)13-16-7-5-4-6-8-16;1-13(2)14-10-11-21-18(12-14)17-8-5-7-16-15-6-3-4-9-19(15)22-20(16)17;/h4-9,11-12,14-15H,13H2,1-3H3;3-7,9-13H,1-2H3;/q2*-1;/i13D2;13D;. The second-order valence-corrected chi connectivity index (χ2v) is 17.4. The van der Waals surface area contributed by atoms with Gasteiger partial charge in [0.25, 0.3) is 0 Å². The second-order valence-electron chi connectivity index (χ2n) is 12.4. The maximum absolute atomic E-state index is 13.2. The Hall–Kier alpha value is -4.22. The van der Waals surface area contributed by atoms with Crippen molar-refractivity contribution in [1.29, 1.82) is 0 Å². The summed E-state index contributed by atoms with van der Waals surface area (Å²) in [5.74, 6) is -1.02. The molecule has 0 fully saturated rings. The second kappa shape index (κ2) is 14.7. The molecular weight excluding hydrogens is 776 g/mol. The zero-order valence-electron chi connectivity index (χ0n) is 30.0. The van der Waals surface area contributed by atoms with Crippen LogP contribution in [0.2, 0.25) is 19.6 Å². The Kier molecular flexibility index (Phi) is 9.41. The number of nitrogens with zero attached hydrogens (tertiary/aromatic N) is 2. The minimum Gasteiger partial charge on any atom is -0.501 e. The fourth-order valence-corrected chi connectivity index (χ4v) is 6.70. The van der Waals surface area contributed by atoms with Crippen LogP contribution < -0.4 is 5.19 Å². The van der Waals surface area contributed by atoms with Gasteiger partial charge in [0.15, 0.2) is 0 Å². The normalized spacial score (nSPS) is 12.8. The van der Waals surface area contributed by atoms with E-state index >= 15 is 0 Å². The monoisotopic (exact) mass is 816 g/mol. The van der Waals surface area contributed by atoms with E-state index in [-0.39, 0.29) is 25.9 Å². The van der Waals surface area contributed by atoms with Gasteiger partial charge < -0.3 is 14.4 Å². The van der Waals surface area contributed by atoms with Gasteiger partial charge in [0.1, 0.15) is 5.58 Å². The first kappa shape index (κ1) is 30.1. The van der Waals surface area contributed by atoms with Crippen molar-refractivity contribution in [3.8, 4) is 22.5 Å². The van der Waals surface area contributed by atoms with Crippen molar-refractivity contribution in [2.24, 2.45) is 0 Å². The molecule has 0 aliphatic carbocycles. The van der Waals surface area contributed by atoms with E-state index in [4.69, 9.17) is 8.53 Å². The number of rotatable bonds is 6. The molecule has 0 saturated carbocycles. The molecule has 7 rings (SSSR count). The summed E-state index contributed by atoms with van der Waals surface area (Å²) in [5.41, 5.74) is 6.69. The summed E-state index contributed by atoms with van der Waals surface area (Å²) in [7, 11) is -1.83. The topological polar surface area (TPSA) is 38.9 Å². The maximum Gasteiger partial charge on any atom is 0.120 e. The Bertz CT molecular complexity index is 2250. The molecule has 3 aromatic heterocycles. The van der Waals surface area contributed by atoms with E-state index in [0.29, 0.717) is 22.4 Å². The van der Waals surface area contributed by atoms with Gasteiger partial charge in [-0.25, -0.2) is 0 Å². The minimum absolute atomic E-state index is 0. The SMILES string of the molecule is [2H]C(C)(C)c1ccnc(-c2[c-]ccc3c2oc2ccccc23)c1.[2H]C([2H])(c1ccccc1)c1cc(-c2[c-]cc(F)cc2)ncc1[Si](C)(C)C.[Ir]. The van der Waals surface area contributed by atoms with E-state index in [1.54, 1.807) is 36.7 Å². The molecule has 0 atom stereocenters. The Balaban J connectivity index is 0.000000192. The van der Waals surface area contributed by atoms with Crippen LogP contribution in [-0.2, 0) is 26.5 Å². The predicted octanol–water partition coefficient (Wildman–Crippen LogP) is 10.4. The van der Waals surface area contributed by atoms with Crippen LogP contribution in [0.3, 0.4) is 0 Å². The van der Waals surface area contributed by atoms with Crippen LogP contribution in [0.15, 0.2) is 120 Å². The summed E-state index contributed by atoms with van der Waals surface area (Å²) in [6.45, 7) is 10.3. The average molecular weight is 816 g/mol. The van der Waals surface area contributed by atoms with Crippen LogP contribution in [0.1, 0.15) is 40.5 Å². The molecule has 1 radical (unpaired) electrons. The number of halogens is 1.